The van der Waals surface area contributed by atoms with Gasteiger partial charge in [-0.3, -0.25) is 14.7 Å². The topological polar surface area (TPSA) is 107 Å². The second-order valence-corrected chi connectivity index (χ2v) is 12.1. The van der Waals surface area contributed by atoms with Crippen molar-refractivity contribution >= 4 is 27.3 Å². The van der Waals surface area contributed by atoms with Gasteiger partial charge in [0.25, 0.3) is 15.9 Å². The Hall–Kier alpha value is -4.86. The molecule has 44 heavy (non-hydrogen) atoms. The van der Waals surface area contributed by atoms with Gasteiger partial charge in [-0.05, 0) is 55.5 Å². The van der Waals surface area contributed by atoms with Crippen LogP contribution in [-0.4, -0.2) is 57.0 Å². The van der Waals surface area contributed by atoms with Crippen LogP contribution >= 0.6 is 0 Å². The number of nitriles is 1. The number of fused-ring (bicyclic) bond motifs is 1. The third kappa shape index (κ3) is 4.56. The van der Waals surface area contributed by atoms with Crippen LogP contribution in [0.5, 0.6) is 5.75 Å². The van der Waals surface area contributed by atoms with Gasteiger partial charge in [0.15, 0.2) is 5.54 Å². The maximum Gasteiger partial charge on any atom is 0.273 e. The first kappa shape index (κ1) is 29.2. The van der Waals surface area contributed by atoms with E-state index in [0.29, 0.717) is 47.9 Å². The Morgan fingerprint density at radius 3 is 2.36 bits per heavy atom. The van der Waals surface area contributed by atoms with Crippen molar-refractivity contribution in [1.82, 2.24) is 9.88 Å². The SMILES string of the molecule is CCOc1ccccc1C1(N2CCN(c3ccncc3)CC2)C(=O)N(S(=O)(=O)c2ccc(F)cc2F)c2ccc(C#N)cc21. The maximum atomic E-state index is 15.0. The highest BCUT2D eigenvalue weighted by Crippen LogP contribution is 2.53. The van der Waals surface area contributed by atoms with Gasteiger partial charge in [-0.15, -0.1) is 0 Å². The zero-order valence-electron chi connectivity index (χ0n) is 23.7. The number of sulfonamides is 1. The van der Waals surface area contributed by atoms with Crippen LogP contribution < -0.4 is 13.9 Å². The van der Waals surface area contributed by atoms with E-state index >= 15 is 9.18 Å². The molecule has 0 spiro atoms. The number of anilines is 2. The van der Waals surface area contributed by atoms with Crippen LogP contribution in [0.25, 0.3) is 0 Å². The van der Waals surface area contributed by atoms with Crippen molar-refractivity contribution in [3.63, 3.8) is 0 Å². The molecule has 224 valence electrons. The molecule has 1 atom stereocenters. The summed E-state index contributed by atoms with van der Waals surface area (Å²) in [5.41, 5.74) is -0.000604. The molecule has 2 aliphatic rings. The summed E-state index contributed by atoms with van der Waals surface area (Å²) in [6.45, 7) is 3.69. The van der Waals surface area contributed by atoms with Gasteiger partial charge in [0.2, 0.25) is 0 Å². The second kappa shape index (κ2) is 11.3. The number of hydrogen-bond donors (Lipinski definition) is 0. The number of ether oxygens (including phenoxy) is 1. The molecule has 2 aliphatic heterocycles. The molecule has 1 fully saturated rings. The molecule has 1 unspecified atom stereocenters. The Morgan fingerprint density at radius 1 is 0.955 bits per heavy atom. The van der Waals surface area contributed by atoms with E-state index in [1.807, 2.05) is 17.0 Å². The minimum atomic E-state index is -4.89. The summed E-state index contributed by atoms with van der Waals surface area (Å²) in [4.78, 5) is 22.3. The van der Waals surface area contributed by atoms with Crippen LogP contribution in [0.15, 0.2) is 90.1 Å². The van der Waals surface area contributed by atoms with Crippen LogP contribution in [0.1, 0.15) is 23.6 Å². The number of pyridine rings is 1. The quantitative estimate of drug-likeness (QED) is 0.301. The number of piperazine rings is 1. The van der Waals surface area contributed by atoms with E-state index in [-0.39, 0.29) is 23.4 Å². The molecule has 3 aromatic carbocycles. The molecular formula is C32H27F2N5O4S. The zero-order chi connectivity index (χ0) is 31.1. The summed E-state index contributed by atoms with van der Waals surface area (Å²) < 4.78 is 63.7. The van der Waals surface area contributed by atoms with Crippen molar-refractivity contribution in [3.05, 3.63) is 114 Å². The Morgan fingerprint density at radius 2 is 1.68 bits per heavy atom. The molecule has 1 aromatic heterocycles. The molecule has 4 aromatic rings. The van der Waals surface area contributed by atoms with E-state index in [2.05, 4.69) is 16.0 Å². The number of halogens is 2. The first-order chi connectivity index (χ1) is 21.2. The van der Waals surface area contributed by atoms with Crippen LogP contribution in [-0.2, 0) is 20.4 Å². The number of amides is 1. The van der Waals surface area contributed by atoms with Gasteiger partial charge in [0.1, 0.15) is 22.3 Å². The molecule has 0 saturated carbocycles. The Labute approximate surface area is 253 Å². The molecule has 0 N–H and O–H groups in total. The molecule has 0 aliphatic carbocycles. The highest BCUT2D eigenvalue weighted by atomic mass is 32.2. The van der Waals surface area contributed by atoms with Crippen molar-refractivity contribution in [2.24, 2.45) is 0 Å². The van der Waals surface area contributed by atoms with E-state index in [1.165, 1.54) is 18.2 Å². The smallest absolute Gasteiger partial charge is 0.273 e. The summed E-state index contributed by atoms with van der Waals surface area (Å²) in [5, 5.41) is 9.85. The Kier molecular flexibility index (Phi) is 7.53. The van der Waals surface area contributed by atoms with Gasteiger partial charge in [0, 0.05) is 61.5 Å². The first-order valence-electron chi connectivity index (χ1n) is 13.9. The Bertz CT molecular complexity index is 1890. The van der Waals surface area contributed by atoms with Gasteiger partial charge < -0.3 is 9.64 Å². The lowest BCUT2D eigenvalue weighted by Gasteiger charge is -2.46. The van der Waals surface area contributed by atoms with Crippen LogP contribution in [0.2, 0.25) is 0 Å². The molecule has 6 rings (SSSR count). The van der Waals surface area contributed by atoms with Crippen molar-refractivity contribution in [1.29, 1.82) is 5.26 Å². The number of benzene rings is 3. The van der Waals surface area contributed by atoms with Gasteiger partial charge in [-0.25, -0.2) is 21.5 Å². The molecule has 9 nitrogen and oxygen atoms in total. The molecular weight excluding hydrogens is 588 g/mol. The summed E-state index contributed by atoms with van der Waals surface area (Å²) >= 11 is 0. The summed E-state index contributed by atoms with van der Waals surface area (Å²) in [5.74, 6) is -2.80. The lowest BCUT2D eigenvalue weighted by molar-refractivity contribution is -0.127. The number of aromatic nitrogens is 1. The fourth-order valence-corrected chi connectivity index (χ4v) is 7.61. The fourth-order valence-electron chi connectivity index (χ4n) is 6.10. The third-order valence-corrected chi connectivity index (χ3v) is 9.73. The van der Waals surface area contributed by atoms with Crippen LogP contribution in [0.3, 0.4) is 0 Å². The molecule has 1 amide bonds. The van der Waals surface area contributed by atoms with Crippen LogP contribution in [0, 0.1) is 23.0 Å². The van der Waals surface area contributed by atoms with Gasteiger partial charge in [0.05, 0.1) is 23.9 Å². The molecule has 0 radical (unpaired) electrons. The number of nitrogens with zero attached hydrogens (tertiary/aromatic N) is 5. The lowest BCUT2D eigenvalue weighted by atomic mass is 9.80. The average Bonchev–Trinajstić information content (AvgIpc) is 3.30. The molecule has 12 heteroatoms. The van der Waals surface area contributed by atoms with Gasteiger partial charge in [-0.2, -0.15) is 5.26 Å². The monoisotopic (exact) mass is 615 g/mol. The van der Waals surface area contributed by atoms with Gasteiger partial charge >= 0.3 is 0 Å². The molecule has 3 heterocycles. The predicted molar refractivity (Wildman–Crippen MR) is 159 cm³/mol. The molecule has 1 saturated heterocycles. The third-order valence-electron chi connectivity index (χ3n) is 8.00. The van der Waals surface area contributed by atoms with E-state index < -0.39 is 38.0 Å². The number of carbonyl (C=O) groups excluding carboxylic acids is 1. The Balaban J connectivity index is 1.58. The second-order valence-electron chi connectivity index (χ2n) is 10.3. The van der Waals surface area contributed by atoms with Crippen molar-refractivity contribution in [3.8, 4) is 11.8 Å². The standard InChI is InChI=1S/C32H27F2N5O4S/c1-2-43-29-6-4-3-5-25(29)32(38-17-15-37(16-18-38)24-11-13-36-14-12-24)26-19-22(21-35)7-9-28(26)39(31(32)40)44(41,42)30-10-8-23(33)20-27(30)34/h3-14,19-20H,2,15-18H2,1H3. The average molecular weight is 616 g/mol. The number of rotatable bonds is 7. The van der Waals surface area contributed by atoms with E-state index in [9.17, 15) is 18.1 Å². The van der Waals surface area contributed by atoms with E-state index in [1.54, 1.807) is 43.6 Å². The lowest BCUT2D eigenvalue weighted by Crippen LogP contribution is -2.60. The van der Waals surface area contributed by atoms with Gasteiger partial charge in [-0.1, -0.05) is 18.2 Å². The minimum absolute atomic E-state index is 0.0272. The number of carbonyl (C=O) groups is 1. The largest absolute Gasteiger partial charge is 0.493 e. The highest BCUT2D eigenvalue weighted by molar-refractivity contribution is 7.93. The summed E-state index contributed by atoms with van der Waals surface area (Å²) in [6.07, 6.45) is 3.39. The zero-order valence-corrected chi connectivity index (χ0v) is 24.5. The summed E-state index contributed by atoms with van der Waals surface area (Å²) in [6, 6.07) is 19.1. The molecule has 0 bridgehead atoms. The number of hydrogen-bond acceptors (Lipinski definition) is 8. The maximum absolute atomic E-state index is 15.0. The normalized spacial score (nSPS) is 18.6. The minimum Gasteiger partial charge on any atom is -0.493 e. The fraction of sp³-hybridized carbons (Fsp3) is 0.219. The summed E-state index contributed by atoms with van der Waals surface area (Å²) in [7, 11) is -4.89. The van der Waals surface area contributed by atoms with E-state index in [4.69, 9.17) is 4.74 Å². The first-order valence-corrected chi connectivity index (χ1v) is 15.4. The van der Waals surface area contributed by atoms with Crippen LogP contribution in [0.4, 0.5) is 20.2 Å². The highest BCUT2D eigenvalue weighted by Gasteiger charge is 2.60. The van der Waals surface area contributed by atoms with Crippen molar-refractivity contribution < 1.29 is 26.7 Å². The predicted octanol–water partition coefficient (Wildman–Crippen LogP) is 4.43. The van der Waals surface area contributed by atoms with Crippen molar-refractivity contribution in [2.75, 3.05) is 42.0 Å². The number of para-hydroxylation sites is 1. The van der Waals surface area contributed by atoms with E-state index in [0.717, 1.165) is 17.8 Å². The van der Waals surface area contributed by atoms with Crippen molar-refractivity contribution in [2.45, 2.75) is 17.4 Å².